The molecule has 2 unspecified atom stereocenters. The van der Waals surface area contributed by atoms with Crippen LogP contribution in [-0.2, 0) is 9.59 Å². The van der Waals surface area contributed by atoms with E-state index < -0.39 is 34.5 Å². The van der Waals surface area contributed by atoms with Crippen LogP contribution >= 0.6 is 0 Å². The molecule has 1 heterocycles. The molecule has 1 fully saturated rings. The van der Waals surface area contributed by atoms with Crippen LogP contribution in [0, 0.1) is 0 Å². The third-order valence-electron chi connectivity index (χ3n) is 1.98. The first-order valence-electron chi connectivity index (χ1n) is 3.58. The summed E-state index contributed by atoms with van der Waals surface area (Å²) in [7, 11) is 0. The standard InChI is InChI=1S/C6H5F3N2O4/c1-5(7)2(12)11(9)4(15)10-6(5,8)3(13)14/h1H3,(H,10,15)(H,13,14). The van der Waals surface area contributed by atoms with Crippen LogP contribution in [0.2, 0.25) is 0 Å². The Hall–Kier alpha value is -1.80. The second-order valence-corrected chi connectivity index (χ2v) is 2.98. The molecule has 0 aromatic rings. The number of nitrogens with zero attached hydrogens (tertiary/aromatic N) is 1. The molecule has 0 aliphatic carbocycles. The predicted molar refractivity (Wildman–Crippen MR) is 37.5 cm³/mol. The highest BCUT2D eigenvalue weighted by molar-refractivity contribution is 6.06. The highest BCUT2D eigenvalue weighted by Crippen LogP contribution is 2.34. The number of hydrogen-bond donors (Lipinski definition) is 2. The molecule has 15 heavy (non-hydrogen) atoms. The molecule has 0 saturated carbocycles. The van der Waals surface area contributed by atoms with Crippen LogP contribution < -0.4 is 5.32 Å². The number of halogens is 3. The lowest BCUT2D eigenvalue weighted by Gasteiger charge is -2.37. The maximum atomic E-state index is 13.4. The van der Waals surface area contributed by atoms with Gasteiger partial charge in [-0.1, -0.05) is 9.60 Å². The molecule has 3 amide bonds. The minimum Gasteiger partial charge on any atom is -0.477 e. The van der Waals surface area contributed by atoms with E-state index in [9.17, 15) is 27.6 Å². The lowest BCUT2D eigenvalue weighted by Crippen LogP contribution is -2.74. The Kier molecular flexibility index (Phi) is 2.14. The average Bonchev–Trinajstić information content (AvgIpc) is 2.12. The summed E-state index contributed by atoms with van der Waals surface area (Å²) in [5, 5.41) is 8.02. The second-order valence-electron chi connectivity index (χ2n) is 2.98. The molecule has 0 aromatic heterocycles. The van der Waals surface area contributed by atoms with Crippen molar-refractivity contribution >= 4 is 17.9 Å². The van der Waals surface area contributed by atoms with Crippen molar-refractivity contribution in [1.82, 2.24) is 10.4 Å². The molecule has 9 heteroatoms. The number of nitrogens with one attached hydrogen (secondary N) is 1. The van der Waals surface area contributed by atoms with Crippen molar-refractivity contribution in [1.29, 1.82) is 0 Å². The van der Waals surface area contributed by atoms with Crippen LogP contribution in [0.15, 0.2) is 0 Å². The smallest absolute Gasteiger partial charge is 0.366 e. The van der Waals surface area contributed by atoms with Gasteiger partial charge >= 0.3 is 23.7 Å². The fraction of sp³-hybridized carbons (Fsp3) is 0.500. The first-order valence-corrected chi connectivity index (χ1v) is 3.58. The fourth-order valence-electron chi connectivity index (χ4n) is 0.992. The Morgan fingerprint density at radius 3 is 2.33 bits per heavy atom. The van der Waals surface area contributed by atoms with Gasteiger partial charge in [-0.05, 0) is 6.92 Å². The number of urea groups is 1. The summed E-state index contributed by atoms with van der Waals surface area (Å²) >= 11 is 0. The highest BCUT2D eigenvalue weighted by atomic mass is 19.2. The van der Waals surface area contributed by atoms with E-state index in [1.165, 1.54) is 0 Å². The number of imide groups is 1. The highest BCUT2D eigenvalue weighted by Gasteiger charge is 2.68. The van der Waals surface area contributed by atoms with Gasteiger partial charge in [0.25, 0.3) is 5.67 Å². The predicted octanol–water partition coefficient (Wildman–Crippen LogP) is -0.0987. The zero-order chi connectivity index (χ0) is 12.0. The summed E-state index contributed by atoms with van der Waals surface area (Å²) < 4.78 is 39.4. The molecule has 1 saturated heterocycles. The summed E-state index contributed by atoms with van der Waals surface area (Å²) in [6.45, 7) is 0.218. The molecule has 1 aliphatic heterocycles. The first-order chi connectivity index (χ1) is 6.64. The molecule has 0 bridgehead atoms. The van der Waals surface area contributed by atoms with Gasteiger partial charge in [-0.3, -0.25) is 10.1 Å². The topological polar surface area (TPSA) is 86.7 Å². The third kappa shape index (κ3) is 1.22. The maximum absolute atomic E-state index is 13.4. The van der Waals surface area contributed by atoms with Gasteiger partial charge in [0.05, 0.1) is 0 Å². The van der Waals surface area contributed by atoms with Crippen LogP contribution in [0.5, 0.6) is 0 Å². The fourth-order valence-corrected chi connectivity index (χ4v) is 0.992. The van der Waals surface area contributed by atoms with Crippen molar-refractivity contribution < 1.29 is 32.8 Å². The number of carbonyl (C=O) groups is 3. The lowest BCUT2D eigenvalue weighted by molar-refractivity contribution is -0.188. The Labute approximate surface area is 80.6 Å². The van der Waals surface area contributed by atoms with E-state index in [2.05, 4.69) is 0 Å². The number of carboxylic acids is 1. The van der Waals surface area contributed by atoms with Crippen molar-refractivity contribution in [3.63, 3.8) is 0 Å². The Morgan fingerprint density at radius 1 is 1.47 bits per heavy atom. The third-order valence-corrected chi connectivity index (χ3v) is 1.98. The number of carbonyl (C=O) groups excluding carboxylic acids is 2. The Balaban J connectivity index is 3.27. The Bertz CT molecular complexity index is 358. The van der Waals surface area contributed by atoms with Gasteiger partial charge in [-0.2, -0.15) is 0 Å². The molecule has 6 nitrogen and oxygen atoms in total. The molecular formula is C6H5F3N2O4. The number of aliphatic carboxylic acids is 1. The molecule has 84 valence electrons. The molecule has 0 aromatic carbocycles. The lowest BCUT2D eigenvalue weighted by atomic mass is 9.93. The molecule has 2 N–H and O–H groups in total. The van der Waals surface area contributed by atoms with Crippen LogP contribution in [0.1, 0.15) is 6.92 Å². The van der Waals surface area contributed by atoms with Gasteiger partial charge in [0, 0.05) is 0 Å². The first kappa shape index (κ1) is 11.3. The van der Waals surface area contributed by atoms with E-state index in [-0.39, 0.29) is 6.92 Å². The molecule has 0 spiro atoms. The quantitative estimate of drug-likeness (QED) is 0.483. The van der Waals surface area contributed by atoms with Crippen molar-refractivity contribution in [3.8, 4) is 0 Å². The summed E-state index contributed by atoms with van der Waals surface area (Å²) in [5.41, 5.74) is -3.72. The van der Waals surface area contributed by atoms with Crippen LogP contribution in [0.4, 0.5) is 18.1 Å². The zero-order valence-corrected chi connectivity index (χ0v) is 7.25. The van der Waals surface area contributed by atoms with Gasteiger partial charge in [-0.25, -0.2) is 18.4 Å². The summed E-state index contributed by atoms with van der Waals surface area (Å²) in [6.07, 6.45) is 0. The van der Waals surface area contributed by atoms with Gasteiger partial charge in [0.2, 0.25) is 0 Å². The van der Waals surface area contributed by atoms with Crippen LogP contribution in [0.25, 0.3) is 0 Å². The Morgan fingerprint density at radius 2 is 1.93 bits per heavy atom. The van der Waals surface area contributed by atoms with Crippen LogP contribution in [-0.4, -0.2) is 39.6 Å². The monoisotopic (exact) mass is 226 g/mol. The van der Waals surface area contributed by atoms with E-state index in [0.29, 0.717) is 0 Å². The van der Waals surface area contributed by atoms with E-state index >= 15 is 0 Å². The summed E-state index contributed by atoms with van der Waals surface area (Å²) in [4.78, 5) is 31.7. The second kappa shape index (κ2) is 2.84. The van der Waals surface area contributed by atoms with Gasteiger partial charge < -0.3 is 5.11 Å². The van der Waals surface area contributed by atoms with Crippen molar-refractivity contribution in [3.05, 3.63) is 0 Å². The van der Waals surface area contributed by atoms with Gasteiger partial charge in [0.1, 0.15) is 0 Å². The summed E-state index contributed by atoms with van der Waals surface area (Å²) in [5.74, 6) is -8.62. The number of amides is 3. The van der Waals surface area contributed by atoms with E-state index in [0.717, 1.165) is 5.32 Å². The zero-order valence-electron chi connectivity index (χ0n) is 7.25. The van der Waals surface area contributed by atoms with Crippen molar-refractivity contribution in [2.75, 3.05) is 0 Å². The minimum absolute atomic E-state index is 0.218. The molecular weight excluding hydrogens is 221 g/mol. The number of rotatable bonds is 1. The minimum atomic E-state index is -3.98. The van der Waals surface area contributed by atoms with E-state index in [4.69, 9.17) is 5.11 Å². The maximum Gasteiger partial charge on any atom is 0.366 e. The summed E-state index contributed by atoms with van der Waals surface area (Å²) in [6, 6.07) is -1.97. The van der Waals surface area contributed by atoms with Gasteiger partial charge in [0.15, 0.2) is 0 Å². The largest absolute Gasteiger partial charge is 0.477 e. The average molecular weight is 226 g/mol. The number of alkyl halides is 2. The molecule has 1 rings (SSSR count). The normalized spacial score (nSPS) is 36.4. The van der Waals surface area contributed by atoms with Crippen molar-refractivity contribution in [2.24, 2.45) is 0 Å². The number of carboxylic acid groups (broad SMARTS) is 1. The molecule has 0 radical (unpaired) electrons. The number of hydrogen-bond acceptors (Lipinski definition) is 3. The van der Waals surface area contributed by atoms with Gasteiger partial charge in [-0.15, -0.1) is 0 Å². The van der Waals surface area contributed by atoms with Crippen LogP contribution in [0.3, 0.4) is 0 Å². The van der Waals surface area contributed by atoms with E-state index in [1.54, 1.807) is 0 Å². The molecule has 2 atom stereocenters. The van der Waals surface area contributed by atoms with E-state index in [1.807, 2.05) is 0 Å². The molecule has 1 aliphatic rings. The van der Waals surface area contributed by atoms with Crippen molar-refractivity contribution in [2.45, 2.75) is 18.4 Å². The SMILES string of the molecule is CC1(F)C(=O)N(F)C(=O)NC1(F)C(=O)O.